The Morgan fingerprint density at radius 2 is 1.80 bits per heavy atom. The highest BCUT2D eigenvalue weighted by Crippen LogP contribution is 2.18. The molecule has 0 fully saturated rings. The second kappa shape index (κ2) is 5.51. The van der Waals surface area contributed by atoms with E-state index in [0.717, 1.165) is 5.56 Å². The molecule has 15 heavy (non-hydrogen) atoms. The molecule has 0 radical (unpaired) electrons. The van der Waals surface area contributed by atoms with E-state index in [1.807, 2.05) is 37.3 Å². The molecule has 2 atom stereocenters. The molecule has 0 aliphatic rings. The molecule has 0 heterocycles. The number of methoxy groups -OCH3 is 1. The van der Waals surface area contributed by atoms with E-state index in [4.69, 9.17) is 4.74 Å². The van der Waals surface area contributed by atoms with Crippen LogP contribution in [0.4, 0.5) is 0 Å². The van der Waals surface area contributed by atoms with Gasteiger partial charge in [-0.25, -0.2) is 4.79 Å². The standard InChI is InChI=1S/C12H16O3/c1-9(11-7-5-4-6-8-11)15-10(2)12(13)14-3/h4-10H,1-3H3. The number of carbonyl (C=O) groups is 1. The van der Waals surface area contributed by atoms with Crippen LogP contribution >= 0.6 is 0 Å². The lowest BCUT2D eigenvalue weighted by atomic mass is 10.1. The van der Waals surface area contributed by atoms with Crippen molar-refractivity contribution >= 4 is 5.97 Å². The molecule has 0 aliphatic carbocycles. The van der Waals surface area contributed by atoms with Crippen molar-refractivity contribution in [3.8, 4) is 0 Å². The fourth-order valence-corrected chi connectivity index (χ4v) is 1.33. The highest BCUT2D eigenvalue weighted by Gasteiger charge is 2.17. The zero-order valence-corrected chi connectivity index (χ0v) is 9.27. The Balaban J connectivity index is 2.56. The van der Waals surface area contributed by atoms with Crippen LogP contribution in [0, 0.1) is 0 Å². The maximum atomic E-state index is 11.1. The van der Waals surface area contributed by atoms with E-state index >= 15 is 0 Å². The summed E-state index contributed by atoms with van der Waals surface area (Å²) in [5.74, 6) is -0.349. The lowest BCUT2D eigenvalue weighted by Gasteiger charge is -2.17. The molecule has 3 heteroatoms. The predicted octanol–water partition coefficient (Wildman–Crippen LogP) is 2.33. The van der Waals surface area contributed by atoms with Crippen molar-refractivity contribution < 1.29 is 14.3 Å². The summed E-state index contributed by atoms with van der Waals surface area (Å²) in [6, 6.07) is 9.76. The van der Waals surface area contributed by atoms with E-state index in [1.54, 1.807) is 6.92 Å². The smallest absolute Gasteiger partial charge is 0.334 e. The molecule has 2 unspecified atom stereocenters. The summed E-state index contributed by atoms with van der Waals surface area (Å²) in [4.78, 5) is 11.1. The lowest BCUT2D eigenvalue weighted by molar-refractivity contribution is -0.156. The van der Waals surface area contributed by atoms with Crippen molar-refractivity contribution in [3.63, 3.8) is 0 Å². The first-order chi connectivity index (χ1) is 7.15. The minimum absolute atomic E-state index is 0.111. The van der Waals surface area contributed by atoms with Gasteiger partial charge < -0.3 is 9.47 Å². The second-order valence-corrected chi connectivity index (χ2v) is 3.35. The summed E-state index contributed by atoms with van der Waals surface area (Å²) in [5.41, 5.74) is 1.05. The first kappa shape index (κ1) is 11.7. The molecule has 0 bridgehead atoms. The largest absolute Gasteiger partial charge is 0.467 e. The molecule has 0 aromatic heterocycles. The van der Waals surface area contributed by atoms with Crippen molar-refractivity contribution in [1.29, 1.82) is 0 Å². The first-order valence-corrected chi connectivity index (χ1v) is 4.93. The van der Waals surface area contributed by atoms with Gasteiger partial charge in [-0.2, -0.15) is 0 Å². The van der Waals surface area contributed by atoms with E-state index in [0.29, 0.717) is 0 Å². The van der Waals surface area contributed by atoms with E-state index in [9.17, 15) is 4.79 Å². The van der Waals surface area contributed by atoms with Gasteiger partial charge in [-0.05, 0) is 19.4 Å². The van der Waals surface area contributed by atoms with E-state index in [-0.39, 0.29) is 12.1 Å². The second-order valence-electron chi connectivity index (χ2n) is 3.35. The van der Waals surface area contributed by atoms with Gasteiger partial charge in [-0.1, -0.05) is 30.3 Å². The molecular weight excluding hydrogens is 192 g/mol. The molecule has 3 nitrogen and oxygen atoms in total. The third-order valence-electron chi connectivity index (χ3n) is 2.21. The average molecular weight is 208 g/mol. The summed E-state index contributed by atoms with van der Waals surface area (Å²) < 4.78 is 10.1. The van der Waals surface area contributed by atoms with Crippen LogP contribution in [-0.4, -0.2) is 19.2 Å². The van der Waals surface area contributed by atoms with Gasteiger partial charge >= 0.3 is 5.97 Å². The topological polar surface area (TPSA) is 35.5 Å². The number of carbonyl (C=O) groups excluding carboxylic acids is 1. The van der Waals surface area contributed by atoms with Crippen molar-refractivity contribution in [1.82, 2.24) is 0 Å². The zero-order chi connectivity index (χ0) is 11.3. The van der Waals surface area contributed by atoms with E-state index < -0.39 is 6.10 Å². The molecule has 0 amide bonds. The SMILES string of the molecule is COC(=O)C(C)OC(C)c1ccccc1. The molecule has 0 N–H and O–H groups in total. The van der Waals surface area contributed by atoms with E-state index in [1.165, 1.54) is 7.11 Å². The Hall–Kier alpha value is -1.35. The van der Waals surface area contributed by atoms with Crippen molar-refractivity contribution in [2.45, 2.75) is 26.1 Å². The van der Waals surface area contributed by atoms with E-state index in [2.05, 4.69) is 4.74 Å². The zero-order valence-electron chi connectivity index (χ0n) is 9.27. The lowest BCUT2D eigenvalue weighted by Crippen LogP contribution is -2.23. The maximum Gasteiger partial charge on any atom is 0.334 e. The highest BCUT2D eigenvalue weighted by molar-refractivity contribution is 5.73. The molecule has 1 aromatic rings. The number of ether oxygens (including phenoxy) is 2. The van der Waals surface area contributed by atoms with Crippen LogP contribution in [0.5, 0.6) is 0 Å². The molecule has 0 spiro atoms. The van der Waals surface area contributed by atoms with Crippen LogP contribution < -0.4 is 0 Å². The number of hydrogen-bond acceptors (Lipinski definition) is 3. The van der Waals surface area contributed by atoms with Gasteiger partial charge in [0.1, 0.15) is 0 Å². The minimum Gasteiger partial charge on any atom is -0.467 e. The van der Waals surface area contributed by atoms with Crippen molar-refractivity contribution in [2.24, 2.45) is 0 Å². The Morgan fingerprint density at radius 3 is 2.33 bits per heavy atom. The molecule has 82 valence electrons. The summed E-state index contributed by atoms with van der Waals surface area (Å²) in [7, 11) is 1.36. The van der Waals surface area contributed by atoms with Crippen LogP contribution in [0.2, 0.25) is 0 Å². The van der Waals surface area contributed by atoms with Gasteiger partial charge in [0, 0.05) is 0 Å². The monoisotopic (exact) mass is 208 g/mol. The number of esters is 1. The van der Waals surface area contributed by atoms with Crippen LogP contribution in [0.3, 0.4) is 0 Å². The molecule has 0 aliphatic heterocycles. The quantitative estimate of drug-likeness (QED) is 0.712. The summed E-state index contributed by atoms with van der Waals surface area (Å²) in [5, 5.41) is 0. The molecule has 0 saturated carbocycles. The van der Waals surface area contributed by atoms with Gasteiger partial charge in [0.2, 0.25) is 0 Å². The van der Waals surface area contributed by atoms with Gasteiger partial charge in [-0.3, -0.25) is 0 Å². The Labute approximate surface area is 90.0 Å². The normalized spacial score (nSPS) is 14.3. The van der Waals surface area contributed by atoms with Crippen LogP contribution in [0.1, 0.15) is 25.5 Å². The molecule has 0 saturated heterocycles. The first-order valence-electron chi connectivity index (χ1n) is 4.93. The molecular formula is C12H16O3. The Kier molecular flexibility index (Phi) is 4.31. The Morgan fingerprint density at radius 1 is 1.20 bits per heavy atom. The fraction of sp³-hybridized carbons (Fsp3) is 0.417. The van der Waals surface area contributed by atoms with Gasteiger partial charge in [0.05, 0.1) is 13.2 Å². The predicted molar refractivity (Wildman–Crippen MR) is 57.4 cm³/mol. The number of hydrogen-bond donors (Lipinski definition) is 0. The fourth-order valence-electron chi connectivity index (χ4n) is 1.33. The number of rotatable bonds is 4. The Bertz CT molecular complexity index is 308. The summed E-state index contributed by atoms with van der Waals surface area (Å²) in [6.07, 6.45) is -0.648. The number of benzene rings is 1. The van der Waals surface area contributed by atoms with Crippen LogP contribution in [-0.2, 0) is 14.3 Å². The van der Waals surface area contributed by atoms with Gasteiger partial charge in [0.25, 0.3) is 0 Å². The van der Waals surface area contributed by atoms with Crippen LogP contribution in [0.25, 0.3) is 0 Å². The van der Waals surface area contributed by atoms with Gasteiger partial charge in [-0.15, -0.1) is 0 Å². The third-order valence-corrected chi connectivity index (χ3v) is 2.21. The molecule has 1 rings (SSSR count). The van der Waals surface area contributed by atoms with Gasteiger partial charge in [0.15, 0.2) is 6.10 Å². The maximum absolute atomic E-state index is 11.1. The molecule has 1 aromatic carbocycles. The average Bonchev–Trinajstić information content (AvgIpc) is 2.29. The van der Waals surface area contributed by atoms with Crippen molar-refractivity contribution in [2.75, 3.05) is 7.11 Å². The third kappa shape index (κ3) is 3.36. The highest BCUT2D eigenvalue weighted by atomic mass is 16.6. The summed E-state index contributed by atoms with van der Waals surface area (Å²) in [6.45, 7) is 3.60. The van der Waals surface area contributed by atoms with Crippen LogP contribution in [0.15, 0.2) is 30.3 Å². The minimum atomic E-state index is -0.537. The van der Waals surface area contributed by atoms with Crippen molar-refractivity contribution in [3.05, 3.63) is 35.9 Å². The summed E-state index contributed by atoms with van der Waals surface area (Å²) >= 11 is 0.